The second kappa shape index (κ2) is 6.54. The van der Waals surface area contributed by atoms with Crippen LogP contribution in [0.2, 0.25) is 0 Å². The van der Waals surface area contributed by atoms with Crippen molar-refractivity contribution in [2.24, 2.45) is 5.92 Å². The molecular formula is C16H21N5O3. The third-order valence-corrected chi connectivity index (χ3v) is 4.74. The Labute approximate surface area is 139 Å². The Balaban J connectivity index is 1.69. The summed E-state index contributed by atoms with van der Waals surface area (Å²) in [5.41, 5.74) is 2.85. The lowest BCUT2D eigenvalue weighted by atomic mass is 9.97. The molecule has 1 aliphatic rings. The number of hydrogen-bond acceptors (Lipinski definition) is 5. The number of carboxylic acid groups (broad SMARTS) is 1. The molecule has 1 amide bonds. The molecule has 3 heterocycles. The van der Waals surface area contributed by atoms with Crippen molar-refractivity contribution in [3.63, 3.8) is 0 Å². The van der Waals surface area contributed by atoms with Crippen molar-refractivity contribution in [1.82, 2.24) is 24.5 Å². The van der Waals surface area contributed by atoms with Gasteiger partial charge >= 0.3 is 5.97 Å². The van der Waals surface area contributed by atoms with Crippen molar-refractivity contribution in [3.8, 4) is 0 Å². The summed E-state index contributed by atoms with van der Waals surface area (Å²) in [6.07, 6.45) is 3.93. The van der Waals surface area contributed by atoms with Crippen molar-refractivity contribution in [2.45, 2.75) is 39.5 Å². The molecule has 1 fully saturated rings. The standard InChI is InChI=1S/C16H21N5O3/c1-10-13(11(2)21-9-17-19-16(21)18-10)5-6-14(22)20-7-3-4-12(8-20)15(23)24/h9,12H,3-8H2,1-2H3,(H,23,24). The third kappa shape index (κ3) is 3.08. The number of nitrogens with zero attached hydrogens (tertiary/aromatic N) is 5. The second-order valence-electron chi connectivity index (χ2n) is 6.28. The molecule has 0 aliphatic carbocycles. The molecule has 128 valence electrons. The van der Waals surface area contributed by atoms with Crippen molar-refractivity contribution in [3.05, 3.63) is 23.3 Å². The van der Waals surface area contributed by atoms with E-state index in [2.05, 4.69) is 15.2 Å². The molecule has 2 aromatic heterocycles. The van der Waals surface area contributed by atoms with Crippen LogP contribution in [0.3, 0.4) is 0 Å². The van der Waals surface area contributed by atoms with Gasteiger partial charge in [-0.2, -0.15) is 0 Å². The third-order valence-electron chi connectivity index (χ3n) is 4.74. The number of piperidine rings is 1. The maximum Gasteiger partial charge on any atom is 0.308 e. The summed E-state index contributed by atoms with van der Waals surface area (Å²) in [7, 11) is 0. The van der Waals surface area contributed by atoms with E-state index in [1.54, 1.807) is 11.2 Å². The number of carboxylic acids is 1. The lowest BCUT2D eigenvalue weighted by Crippen LogP contribution is -2.42. The molecule has 1 atom stereocenters. The fourth-order valence-corrected chi connectivity index (χ4v) is 3.32. The normalized spacial score (nSPS) is 18.1. The summed E-state index contributed by atoms with van der Waals surface area (Å²) in [5, 5.41) is 16.9. The molecule has 1 saturated heterocycles. The number of likely N-dealkylation sites (tertiary alicyclic amines) is 1. The molecule has 2 aromatic rings. The summed E-state index contributed by atoms with van der Waals surface area (Å²) >= 11 is 0. The van der Waals surface area contributed by atoms with E-state index in [4.69, 9.17) is 5.11 Å². The van der Waals surface area contributed by atoms with Crippen LogP contribution in [-0.4, -0.2) is 54.6 Å². The van der Waals surface area contributed by atoms with Gasteiger partial charge in [-0.1, -0.05) is 0 Å². The van der Waals surface area contributed by atoms with Gasteiger partial charge in [0, 0.05) is 30.9 Å². The summed E-state index contributed by atoms with van der Waals surface area (Å²) in [6, 6.07) is 0. The number of aliphatic carboxylic acids is 1. The Hall–Kier alpha value is -2.51. The summed E-state index contributed by atoms with van der Waals surface area (Å²) < 4.78 is 1.81. The van der Waals surface area contributed by atoms with Crippen LogP contribution in [0, 0.1) is 19.8 Å². The van der Waals surface area contributed by atoms with Gasteiger partial charge in [-0.25, -0.2) is 4.98 Å². The van der Waals surface area contributed by atoms with Crippen LogP contribution in [-0.2, 0) is 16.0 Å². The number of fused-ring (bicyclic) bond motifs is 1. The topological polar surface area (TPSA) is 101 Å². The average Bonchev–Trinajstić information content (AvgIpc) is 3.03. The number of carbonyl (C=O) groups is 2. The molecule has 1 N–H and O–H groups in total. The first-order chi connectivity index (χ1) is 11.5. The van der Waals surface area contributed by atoms with Crippen LogP contribution in [0.1, 0.15) is 36.2 Å². The highest BCUT2D eigenvalue weighted by molar-refractivity contribution is 5.78. The molecule has 3 rings (SSSR count). The summed E-state index contributed by atoms with van der Waals surface area (Å²) in [5.74, 6) is -0.702. The Bertz CT molecular complexity index is 785. The predicted octanol–water partition coefficient (Wildman–Crippen LogP) is 0.997. The molecule has 0 saturated carbocycles. The highest BCUT2D eigenvalue weighted by Crippen LogP contribution is 2.19. The van der Waals surface area contributed by atoms with Gasteiger partial charge in [-0.05, 0) is 38.7 Å². The van der Waals surface area contributed by atoms with E-state index in [0.29, 0.717) is 38.1 Å². The fourth-order valence-electron chi connectivity index (χ4n) is 3.32. The van der Waals surface area contributed by atoms with Crippen LogP contribution in [0.5, 0.6) is 0 Å². The van der Waals surface area contributed by atoms with E-state index < -0.39 is 11.9 Å². The van der Waals surface area contributed by atoms with Crippen molar-refractivity contribution >= 4 is 17.7 Å². The van der Waals surface area contributed by atoms with Crippen LogP contribution < -0.4 is 0 Å². The first kappa shape index (κ1) is 16.4. The molecule has 0 aromatic carbocycles. The largest absolute Gasteiger partial charge is 0.481 e. The zero-order chi connectivity index (χ0) is 17.3. The molecule has 0 bridgehead atoms. The molecule has 0 spiro atoms. The van der Waals surface area contributed by atoms with E-state index in [9.17, 15) is 9.59 Å². The molecule has 0 radical (unpaired) electrons. The van der Waals surface area contributed by atoms with Crippen LogP contribution in [0.15, 0.2) is 6.33 Å². The smallest absolute Gasteiger partial charge is 0.308 e. The zero-order valence-electron chi connectivity index (χ0n) is 13.9. The van der Waals surface area contributed by atoms with Gasteiger partial charge in [0.05, 0.1) is 5.92 Å². The number of carbonyl (C=O) groups excluding carboxylic acids is 1. The minimum absolute atomic E-state index is 0.00334. The first-order valence-electron chi connectivity index (χ1n) is 8.13. The lowest BCUT2D eigenvalue weighted by Gasteiger charge is -2.30. The zero-order valence-corrected chi connectivity index (χ0v) is 13.9. The van der Waals surface area contributed by atoms with Crippen LogP contribution >= 0.6 is 0 Å². The van der Waals surface area contributed by atoms with E-state index in [-0.39, 0.29) is 5.91 Å². The number of aromatic nitrogens is 4. The maximum absolute atomic E-state index is 12.5. The molecule has 8 heteroatoms. The quantitative estimate of drug-likeness (QED) is 0.897. The molecule has 8 nitrogen and oxygen atoms in total. The van der Waals surface area contributed by atoms with Gasteiger partial charge in [0.15, 0.2) is 0 Å². The maximum atomic E-state index is 12.5. The average molecular weight is 331 g/mol. The first-order valence-corrected chi connectivity index (χ1v) is 8.13. The Morgan fingerprint density at radius 3 is 2.92 bits per heavy atom. The van der Waals surface area contributed by atoms with E-state index in [1.165, 1.54) is 0 Å². The molecule has 1 unspecified atom stereocenters. The Morgan fingerprint density at radius 1 is 1.38 bits per heavy atom. The fraction of sp³-hybridized carbons (Fsp3) is 0.562. The summed E-state index contributed by atoms with van der Waals surface area (Å²) in [6.45, 7) is 4.83. The predicted molar refractivity (Wildman–Crippen MR) is 85.5 cm³/mol. The minimum Gasteiger partial charge on any atom is -0.481 e. The number of hydrogen-bond donors (Lipinski definition) is 1. The van der Waals surface area contributed by atoms with Gasteiger partial charge in [-0.15, -0.1) is 10.2 Å². The minimum atomic E-state index is -0.818. The van der Waals surface area contributed by atoms with E-state index >= 15 is 0 Å². The molecule has 24 heavy (non-hydrogen) atoms. The Kier molecular flexibility index (Phi) is 4.46. The number of aryl methyl sites for hydroxylation is 2. The van der Waals surface area contributed by atoms with Crippen molar-refractivity contribution < 1.29 is 14.7 Å². The van der Waals surface area contributed by atoms with Crippen LogP contribution in [0.4, 0.5) is 0 Å². The van der Waals surface area contributed by atoms with E-state index in [1.807, 2.05) is 18.2 Å². The van der Waals surface area contributed by atoms with Crippen LogP contribution in [0.25, 0.3) is 5.78 Å². The van der Waals surface area contributed by atoms with E-state index in [0.717, 1.165) is 23.4 Å². The highest BCUT2D eigenvalue weighted by atomic mass is 16.4. The van der Waals surface area contributed by atoms with Crippen molar-refractivity contribution in [2.75, 3.05) is 13.1 Å². The monoisotopic (exact) mass is 331 g/mol. The lowest BCUT2D eigenvalue weighted by molar-refractivity contribution is -0.145. The second-order valence-corrected chi connectivity index (χ2v) is 6.28. The van der Waals surface area contributed by atoms with Gasteiger partial charge in [0.1, 0.15) is 6.33 Å². The van der Waals surface area contributed by atoms with Gasteiger partial charge in [0.2, 0.25) is 5.91 Å². The summed E-state index contributed by atoms with van der Waals surface area (Å²) in [4.78, 5) is 29.7. The highest BCUT2D eigenvalue weighted by Gasteiger charge is 2.28. The number of rotatable bonds is 4. The SMILES string of the molecule is Cc1nc2nncn2c(C)c1CCC(=O)N1CCCC(C(=O)O)C1. The van der Waals surface area contributed by atoms with Crippen molar-refractivity contribution in [1.29, 1.82) is 0 Å². The van der Waals surface area contributed by atoms with Gasteiger partial charge < -0.3 is 10.0 Å². The Morgan fingerprint density at radius 2 is 2.17 bits per heavy atom. The molecule has 1 aliphatic heterocycles. The van der Waals surface area contributed by atoms with Gasteiger partial charge in [-0.3, -0.25) is 14.0 Å². The van der Waals surface area contributed by atoms with Gasteiger partial charge in [0.25, 0.3) is 5.78 Å². The number of amides is 1. The molecular weight excluding hydrogens is 310 g/mol.